The first-order valence-corrected chi connectivity index (χ1v) is 13.0. The van der Waals surface area contributed by atoms with Crippen LogP contribution in [0.15, 0.2) is 58.2 Å². The Labute approximate surface area is 223 Å². The minimum Gasteiger partial charge on any atom is -0.385 e. The molecule has 4 aromatic rings. The van der Waals surface area contributed by atoms with Crippen molar-refractivity contribution >= 4 is 21.6 Å². The molecule has 12 nitrogen and oxygen atoms in total. The van der Waals surface area contributed by atoms with Gasteiger partial charge < -0.3 is 10.2 Å². The summed E-state index contributed by atoms with van der Waals surface area (Å²) in [4.78, 5) is 17.0. The van der Waals surface area contributed by atoms with Crippen LogP contribution in [0.4, 0.5) is 13.2 Å². The van der Waals surface area contributed by atoms with Gasteiger partial charge >= 0.3 is 11.9 Å². The molecule has 4 N–H and O–H groups in total. The van der Waals surface area contributed by atoms with Crippen molar-refractivity contribution in [2.75, 3.05) is 0 Å². The van der Waals surface area contributed by atoms with Crippen molar-refractivity contribution in [3.05, 3.63) is 75.7 Å². The molecule has 0 fully saturated rings. The van der Waals surface area contributed by atoms with Crippen molar-refractivity contribution in [2.45, 2.75) is 43.3 Å². The van der Waals surface area contributed by atoms with Gasteiger partial charge in [-0.2, -0.15) is 13.2 Å². The van der Waals surface area contributed by atoms with E-state index in [2.05, 4.69) is 15.2 Å². The molecule has 17 heteroatoms. The van der Waals surface area contributed by atoms with E-state index in [1.54, 1.807) is 0 Å². The Morgan fingerprint density at radius 1 is 1.08 bits per heavy atom. The summed E-state index contributed by atoms with van der Waals surface area (Å²) in [5.74, 6) is -0.408. The SMILES string of the molecule is C[C@H](O)c1nc(Cn2nc(-c3ccc(Cl)cc3)n(C[C@H](O)C(F)(F)F)c2=O)nn1-c1ccccc1S(N)(=O)=O. The van der Waals surface area contributed by atoms with E-state index in [4.69, 9.17) is 16.7 Å². The number of aliphatic hydroxyl groups excluding tert-OH is 2. The van der Waals surface area contributed by atoms with Crippen LogP contribution < -0.4 is 10.8 Å². The van der Waals surface area contributed by atoms with Gasteiger partial charge in [0.1, 0.15) is 17.5 Å². The van der Waals surface area contributed by atoms with Gasteiger partial charge in [0.2, 0.25) is 10.0 Å². The smallest absolute Gasteiger partial charge is 0.385 e. The molecule has 0 aliphatic rings. The van der Waals surface area contributed by atoms with E-state index in [9.17, 15) is 36.6 Å². The quantitative estimate of drug-likeness (QED) is 0.279. The highest BCUT2D eigenvalue weighted by Crippen LogP contribution is 2.25. The summed E-state index contributed by atoms with van der Waals surface area (Å²) < 4.78 is 66.0. The van der Waals surface area contributed by atoms with Crippen LogP contribution in [0, 0.1) is 0 Å². The van der Waals surface area contributed by atoms with Crippen LogP contribution in [0.1, 0.15) is 24.7 Å². The van der Waals surface area contributed by atoms with E-state index < -0.39 is 47.2 Å². The Morgan fingerprint density at radius 3 is 2.31 bits per heavy atom. The van der Waals surface area contributed by atoms with E-state index in [0.29, 0.717) is 9.59 Å². The molecule has 0 saturated heterocycles. The van der Waals surface area contributed by atoms with Gasteiger partial charge in [0, 0.05) is 10.6 Å². The summed E-state index contributed by atoms with van der Waals surface area (Å²) in [5.41, 5.74) is -0.791. The predicted molar refractivity (Wildman–Crippen MR) is 131 cm³/mol. The maximum atomic E-state index is 13.1. The lowest BCUT2D eigenvalue weighted by Gasteiger charge is -2.15. The third kappa shape index (κ3) is 6.04. The predicted octanol–water partition coefficient (Wildman–Crippen LogP) is 1.62. The number of alkyl halides is 3. The number of nitrogens with two attached hydrogens (primary N) is 1. The average Bonchev–Trinajstić information content (AvgIpc) is 3.41. The fourth-order valence-corrected chi connectivity index (χ4v) is 4.53. The van der Waals surface area contributed by atoms with Crippen molar-refractivity contribution in [2.24, 2.45) is 5.14 Å². The molecule has 2 atom stereocenters. The topological polar surface area (TPSA) is 171 Å². The van der Waals surface area contributed by atoms with Crippen LogP contribution in [-0.2, 0) is 23.1 Å². The van der Waals surface area contributed by atoms with E-state index in [1.807, 2.05) is 0 Å². The van der Waals surface area contributed by atoms with Gasteiger partial charge in [0.15, 0.2) is 23.6 Å². The number of primary sulfonamides is 1. The maximum absolute atomic E-state index is 13.1. The Bertz CT molecular complexity index is 1660. The molecule has 208 valence electrons. The lowest BCUT2D eigenvalue weighted by Crippen LogP contribution is -2.37. The number of aliphatic hydroxyl groups is 2. The van der Waals surface area contributed by atoms with Gasteiger partial charge in [0.25, 0.3) is 0 Å². The summed E-state index contributed by atoms with van der Waals surface area (Å²) in [7, 11) is -4.21. The Hall–Kier alpha value is -3.57. The Balaban J connectivity index is 1.81. The Morgan fingerprint density at radius 2 is 1.72 bits per heavy atom. The summed E-state index contributed by atoms with van der Waals surface area (Å²) in [6, 6.07) is 11.3. The molecule has 2 aromatic heterocycles. The molecular formula is C22H21ClF3N7O5S. The first kappa shape index (κ1) is 28.4. The molecule has 4 rings (SSSR count). The highest BCUT2D eigenvalue weighted by atomic mass is 35.5. The van der Waals surface area contributed by atoms with Gasteiger partial charge in [-0.1, -0.05) is 23.7 Å². The lowest BCUT2D eigenvalue weighted by atomic mass is 10.2. The zero-order valence-corrected chi connectivity index (χ0v) is 21.6. The number of rotatable bonds is 8. The van der Waals surface area contributed by atoms with E-state index in [-0.39, 0.29) is 33.6 Å². The highest BCUT2D eigenvalue weighted by molar-refractivity contribution is 7.89. The van der Waals surface area contributed by atoms with E-state index in [0.717, 1.165) is 9.36 Å². The van der Waals surface area contributed by atoms with Crippen LogP contribution in [0.2, 0.25) is 5.02 Å². The van der Waals surface area contributed by atoms with E-state index in [1.165, 1.54) is 55.5 Å². The Kier molecular flexibility index (Phi) is 7.68. The maximum Gasteiger partial charge on any atom is 0.416 e. The molecule has 2 aromatic carbocycles. The van der Waals surface area contributed by atoms with Gasteiger partial charge in [0.05, 0.1) is 12.2 Å². The fourth-order valence-electron chi connectivity index (χ4n) is 3.69. The first-order valence-electron chi connectivity index (χ1n) is 11.1. The molecular weight excluding hydrogens is 567 g/mol. The van der Waals surface area contributed by atoms with Crippen LogP contribution in [0.5, 0.6) is 0 Å². The average molecular weight is 588 g/mol. The largest absolute Gasteiger partial charge is 0.416 e. The van der Waals surface area contributed by atoms with Gasteiger partial charge in [-0.15, -0.1) is 10.2 Å². The minimum atomic E-state index is -5.00. The van der Waals surface area contributed by atoms with Crippen molar-refractivity contribution in [3.63, 3.8) is 0 Å². The van der Waals surface area contributed by atoms with Gasteiger partial charge in [-0.05, 0) is 43.3 Å². The molecule has 39 heavy (non-hydrogen) atoms. The second-order valence-electron chi connectivity index (χ2n) is 8.43. The normalized spacial score (nSPS) is 13.9. The van der Waals surface area contributed by atoms with E-state index >= 15 is 0 Å². The number of halogens is 4. The molecule has 0 unspecified atom stereocenters. The van der Waals surface area contributed by atoms with Crippen LogP contribution in [0.3, 0.4) is 0 Å². The van der Waals surface area contributed by atoms with Crippen LogP contribution in [0.25, 0.3) is 17.1 Å². The van der Waals surface area contributed by atoms with Gasteiger partial charge in [-0.3, -0.25) is 4.57 Å². The second kappa shape index (κ2) is 10.5. The molecule has 0 saturated carbocycles. The molecule has 0 aliphatic heterocycles. The zero-order chi connectivity index (χ0) is 28.7. The number of nitrogens with zero attached hydrogens (tertiary/aromatic N) is 6. The van der Waals surface area contributed by atoms with Gasteiger partial charge in [-0.25, -0.2) is 32.7 Å². The molecule has 0 radical (unpaired) electrons. The number of hydrogen-bond donors (Lipinski definition) is 3. The monoisotopic (exact) mass is 587 g/mol. The fraction of sp³-hybridized carbons (Fsp3) is 0.273. The standard InChI is InChI=1S/C22H21ClF3N7O5S/c1-12(34)19-28-18(29-33(19)15-4-2-3-5-16(15)39(27,37)38)11-32-21(36)31(10-17(35)22(24,25)26)20(30-32)13-6-8-14(23)9-7-13/h2-9,12,17,34-35H,10-11H2,1H3,(H2,27,37,38)/t12-,17-/m0/s1. The molecule has 0 aliphatic carbocycles. The lowest BCUT2D eigenvalue weighted by molar-refractivity contribution is -0.207. The minimum absolute atomic E-state index is 0.0253. The zero-order valence-electron chi connectivity index (χ0n) is 20.0. The first-order chi connectivity index (χ1) is 18.2. The summed E-state index contributed by atoms with van der Waals surface area (Å²) >= 11 is 5.89. The summed E-state index contributed by atoms with van der Waals surface area (Å²) in [6.45, 7) is -0.260. The number of aromatic nitrogens is 6. The molecule has 2 heterocycles. The molecule has 0 bridgehead atoms. The number of benzene rings is 2. The molecule has 0 amide bonds. The molecule has 0 spiro atoms. The van der Waals surface area contributed by atoms with Crippen molar-refractivity contribution in [3.8, 4) is 17.1 Å². The third-order valence-corrected chi connectivity index (χ3v) is 6.71. The summed E-state index contributed by atoms with van der Waals surface area (Å²) in [5, 5.41) is 33.9. The number of sulfonamides is 1. The van der Waals surface area contributed by atoms with Crippen molar-refractivity contribution in [1.29, 1.82) is 0 Å². The van der Waals surface area contributed by atoms with Crippen molar-refractivity contribution < 1.29 is 31.8 Å². The van der Waals surface area contributed by atoms with Crippen LogP contribution >= 0.6 is 11.6 Å². The second-order valence-corrected chi connectivity index (χ2v) is 10.4. The number of para-hydroxylation sites is 1. The summed E-state index contributed by atoms with van der Waals surface area (Å²) in [6.07, 6.45) is -9.10. The third-order valence-electron chi connectivity index (χ3n) is 5.50. The van der Waals surface area contributed by atoms with Crippen LogP contribution in [-0.4, -0.2) is 60.0 Å². The highest BCUT2D eigenvalue weighted by Gasteiger charge is 2.39. The number of hydrogen-bond acceptors (Lipinski definition) is 8. The van der Waals surface area contributed by atoms with Crippen molar-refractivity contribution in [1.82, 2.24) is 29.1 Å².